The number of anilines is 1. The third kappa shape index (κ3) is 3.50. The first kappa shape index (κ1) is 19.9. The molecule has 2 N–H and O–H groups in total. The Hall–Kier alpha value is -4.04. The Kier molecular flexibility index (Phi) is 4.91. The van der Waals surface area contributed by atoms with Gasteiger partial charge in [-0.15, -0.1) is 5.10 Å². The molecule has 0 radical (unpaired) electrons. The van der Waals surface area contributed by atoms with Gasteiger partial charge < -0.3 is 24.3 Å². The Morgan fingerprint density at radius 1 is 1.12 bits per heavy atom. The number of furan rings is 1. The van der Waals surface area contributed by atoms with Gasteiger partial charge in [-0.25, -0.2) is 9.50 Å². The van der Waals surface area contributed by atoms with Crippen LogP contribution in [-0.4, -0.2) is 45.5 Å². The second-order valence-electron chi connectivity index (χ2n) is 7.58. The van der Waals surface area contributed by atoms with Crippen molar-refractivity contribution in [2.24, 2.45) is 0 Å². The Morgan fingerprint density at radius 3 is 2.78 bits per heavy atom. The van der Waals surface area contributed by atoms with Gasteiger partial charge in [0.05, 0.1) is 24.8 Å². The number of hydrogen-bond acceptors (Lipinski definition) is 7. The Labute approximate surface area is 183 Å². The van der Waals surface area contributed by atoms with Crippen LogP contribution in [0.4, 0.5) is 5.82 Å². The fourth-order valence-corrected chi connectivity index (χ4v) is 3.76. The number of benzene rings is 2. The molecule has 0 spiro atoms. The summed E-state index contributed by atoms with van der Waals surface area (Å²) in [6.45, 7) is 0.299. The van der Waals surface area contributed by atoms with Gasteiger partial charge in [0.15, 0.2) is 11.4 Å². The van der Waals surface area contributed by atoms with Crippen LogP contribution in [0.2, 0.25) is 0 Å². The number of aromatic nitrogens is 3. The van der Waals surface area contributed by atoms with Gasteiger partial charge in [0.2, 0.25) is 0 Å². The molecule has 162 valence electrons. The van der Waals surface area contributed by atoms with Gasteiger partial charge in [0, 0.05) is 13.6 Å². The normalized spacial score (nSPS) is 12.3. The number of aliphatic hydroxyl groups is 1. The quantitative estimate of drug-likeness (QED) is 0.420. The number of likely N-dealkylation sites (N-methyl/N-ethyl adjacent to an activating group) is 1. The fraction of sp³-hybridized carbons (Fsp3) is 0.167. The smallest absolute Gasteiger partial charge is 0.155 e. The van der Waals surface area contributed by atoms with E-state index in [1.54, 1.807) is 42.1 Å². The van der Waals surface area contributed by atoms with Gasteiger partial charge in [-0.1, -0.05) is 18.2 Å². The molecule has 0 aliphatic carbocycles. The molecule has 3 aromatic heterocycles. The molecule has 32 heavy (non-hydrogen) atoms. The van der Waals surface area contributed by atoms with Crippen molar-refractivity contribution in [2.75, 3.05) is 25.6 Å². The van der Waals surface area contributed by atoms with Crippen molar-refractivity contribution in [3.63, 3.8) is 0 Å². The Bertz CT molecular complexity index is 1410. The number of hydrogen-bond donors (Lipinski definition) is 2. The molecule has 8 nitrogen and oxygen atoms in total. The van der Waals surface area contributed by atoms with Crippen LogP contribution in [0.1, 0.15) is 11.7 Å². The minimum absolute atomic E-state index is 0.120. The summed E-state index contributed by atoms with van der Waals surface area (Å²) in [7, 11) is 3.48. The highest BCUT2D eigenvalue weighted by molar-refractivity contribution is 5.88. The van der Waals surface area contributed by atoms with Crippen LogP contribution in [0.15, 0.2) is 71.3 Å². The SMILES string of the molecule is COc1cccc2oc(-c3cnc4ccc(N(C)CC(O)c5cccc(O)c5)nn34)cc12. The first-order valence-electron chi connectivity index (χ1n) is 10.1. The van der Waals surface area contributed by atoms with Gasteiger partial charge in [-0.2, -0.15) is 0 Å². The maximum atomic E-state index is 10.6. The van der Waals surface area contributed by atoms with E-state index in [1.165, 1.54) is 0 Å². The Morgan fingerprint density at radius 2 is 1.97 bits per heavy atom. The molecular formula is C24H22N4O4. The predicted molar refractivity (Wildman–Crippen MR) is 121 cm³/mol. The van der Waals surface area contributed by atoms with E-state index in [9.17, 15) is 10.2 Å². The van der Waals surface area contributed by atoms with E-state index in [1.807, 2.05) is 48.3 Å². The molecule has 0 saturated heterocycles. The molecule has 1 atom stereocenters. The molecule has 2 aromatic carbocycles. The summed E-state index contributed by atoms with van der Waals surface area (Å²) in [4.78, 5) is 6.29. The van der Waals surface area contributed by atoms with E-state index < -0.39 is 6.10 Å². The zero-order valence-electron chi connectivity index (χ0n) is 17.6. The molecule has 0 bridgehead atoms. The zero-order valence-corrected chi connectivity index (χ0v) is 17.6. The molecule has 0 amide bonds. The molecule has 0 aliphatic rings. The highest BCUT2D eigenvalue weighted by Gasteiger charge is 2.17. The molecule has 3 heterocycles. The highest BCUT2D eigenvalue weighted by Crippen LogP contribution is 2.33. The summed E-state index contributed by atoms with van der Waals surface area (Å²) >= 11 is 0. The minimum atomic E-state index is -0.783. The summed E-state index contributed by atoms with van der Waals surface area (Å²) < 4.78 is 13.2. The molecule has 0 fully saturated rings. The lowest BCUT2D eigenvalue weighted by Gasteiger charge is -2.22. The molecule has 0 aliphatic heterocycles. The molecule has 0 saturated carbocycles. The Balaban J connectivity index is 1.47. The second kappa shape index (κ2) is 7.90. The van der Waals surface area contributed by atoms with Crippen molar-refractivity contribution in [1.82, 2.24) is 14.6 Å². The van der Waals surface area contributed by atoms with Crippen LogP contribution in [0, 0.1) is 0 Å². The van der Waals surface area contributed by atoms with Crippen LogP contribution in [0.5, 0.6) is 11.5 Å². The lowest BCUT2D eigenvalue weighted by Crippen LogP contribution is -2.25. The van der Waals surface area contributed by atoms with Crippen molar-refractivity contribution >= 4 is 22.4 Å². The average molecular weight is 430 g/mol. The number of phenolic OH excluding ortho intramolecular Hbond substituents is 1. The van der Waals surface area contributed by atoms with E-state index in [0.29, 0.717) is 35.0 Å². The number of aromatic hydroxyl groups is 1. The van der Waals surface area contributed by atoms with Crippen molar-refractivity contribution in [1.29, 1.82) is 0 Å². The van der Waals surface area contributed by atoms with Crippen molar-refractivity contribution < 1.29 is 19.4 Å². The summed E-state index contributed by atoms with van der Waals surface area (Å²) in [6.07, 6.45) is 0.937. The monoisotopic (exact) mass is 430 g/mol. The number of rotatable bonds is 6. The zero-order chi connectivity index (χ0) is 22.2. The number of imidazole rings is 1. The van der Waals surface area contributed by atoms with Crippen LogP contribution in [-0.2, 0) is 0 Å². The summed E-state index contributed by atoms with van der Waals surface area (Å²) in [5.74, 6) is 2.14. The number of ether oxygens (including phenoxy) is 1. The van der Waals surface area contributed by atoms with Gasteiger partial charge in [-0.05, 0) is 48.0 Å². The van der Waals surface area contributed by atoms with Crippen molar-refractivity contribution in [3.05, 3.63) is 72.4 Å². The maximum Gasteiger partial charge on any atom is 0.155 e. The molecule has 8 heteroatoms. The third-order valence-electron chi connectivity index (χ3n) is 5.43. The van der Waals surface area contributed by atoms with Gasteiger partial charge >= 0.3 is 0 Å². The lowest BCUT2D eigenvalue weighted by molar-refractivity contribution is 0.184. The molecular weight excluding hydrogens is 408 g/mol. The summed E-state index contributed by atoms with van der Waals surface area (Å²) in [6, 6.07) is 17.9. The second-order valence-corrected chi connectivity index (χ2v) is 7.58. The molecule has 5 aromatic rings. The number of nitrogens with zero attached hydrogens (tertiary/aromatic N) is 4. The van der Waals surface area contributed by atoms with Crippen LogP contribution in [0.25, 0.3) is 28.1 Å². The van der Waals surface area contributed by atoms with Crippen molar-refractivity contribution in [3.8, 4) is 23.0 Å². The number of fused-ring (bicyclic) bond motifs is 2. The largest absolute Gasteiger partial charge is 0.508 e. The van der Waals surface area contributed by atoms with Crippen molar-refractivity contribution in [2.45, 2.75) is 6.10 Å². The summed E-state index contributed by atoms with van der Waals surface area (Å²) in [5, 5.41) is 25.8. The van der Waals surface area contributed by atoms with Crippen LogP contribution < -0.4 is 9.64 Å². The van der Waals surface area contributed by atoms with Crippen LogP contribution in [0.3, 0.4) is 0 Å². The standard InChI is InChI=1S/C24H22N4O4/c1-27(14-19(30)15-5-3-6-16(29)11-15)24-10-9-23-25-13-18(28(23)26-24)22-12-17-20(31-2)7-4-8-21(17)32-22/h3-13,19,29-30H,14H2,1-2H3. The maximum absolute atomic E-state index is 10.6. The topological polar surface area (TPSA) is 96.3 Å². The highest BCUT2D eigenvalue weighted by atomic mass is 16.5. The third-order valence-corrected chi connectivity index (χ3v) is 5.43. The lowest BCUT2D eigenvalue weighted by atomic mass is 10.1. The predicted octanol–water partition coefficient (Wildman–Crippen LogP) is 4.03. The number of aliphatic hydroxyl groups excluding tert-OH is 1. The van der Waals surface area contributed by atoms with Gasteiger partial charge in [0.1, 0.15) is 28.6 Å². The van der Waals surface area contributed by atoms with Crippen LogP contribution >= 0.6 is 0 Å². The molecule has 1 unspecified atom stereocenters. The number of methoxy groups -OCH3 is 1. The summed E-state index contributed by atoms with van der Waals surface area (Å²) in [5.41, 5.74) is 2.74. The first-order valence-corrected chi connectivity index (χ1v) is 10.1. The molecule has 5 rings (SSSR count). The van der Waals surface area contributed by atoms with Gasteiger partial charge in [0.25, 0.3) is 0 Å². The van der Waals surface area contributed by atoms with E-state index in [0.717, 1.165) is 16.7 Å². The average Bonchev–Trinajstić information content (AvgIpc) is 3.42. The van der Waals surface area contributed by atoms with Gasteiger partial charge in [-0.3, -0.25) is 0 Å². The van der Waals surface area contributed by atoms with E-state index in [-0.39, 0.29) is 5.75 Å². The minimum Gasteiger partial charge on any atom is -0.508 e. The first-order chi connectivity index (χ1) is 15.5. The fourth-order valence-electron chi connectivity index (χ4n) is 3.76. The van der Waals surface area contributed by atoms with E-state index >= 15 is 0 Å². The van der Waals surface area contributed by atoms with E-state index in [2.05, 4.69) is 4.98 Å². The van der Waals surface area contributed by atoms with E-state index in [4.69, 9.17) is 14.3 Å². The number of phenols is 1.